The Balaban J connectivity index is 1.83. The molecule has 3 aromatic rings. The Bertz CT molecular complexity index is 994. The van der Waals surface area contributed by atoms with Crippen molar-refractivity contribution in [2.45, 2.75) is 20.3 Å². The van der Waals surface area contributed by atoms with Gasteiger partial charge in [0.15, 0.2) is 0 Å². The number of nitro benzene ring substituents is 1. The summed E-state index contributed by atoms with van der Waals surface area (Å²) in [6.45, 7) is 3.93. The molecule has 25 heavy (non-hydrogen) atoms. The number of benzene rings is 2. The van der Waals surface area contributed by atoms with Crippen LogP contribution in [0.2, 0.25) is 0 Å². The molecular weight excluding hydrogens is 327 g/mol. The molecule has 0 aliphatic carbocycles. The number of hydrogen-bond donors (Lipinski definition) is 1. The fourth-order valence-electron chi connectivity index (χ4n) is 2.56. The Morgan fingerprint density at radius 2 is 1.96 bits per heavy atom. The molecule has 0 aliphatic rings. The highest BCUT2D eigenvalue weighted by Crippen LogP contribution is 2.26. The quantitative estimate of drug-likeness (QED) is 0.566. The Kier molecular flexibility index (Phi) is 4.22. The van der Waals surface area contributed by atoms with Crippen LogP contribution in [0.1, 0.15) is 16.7 Å². The number of non-ortho nitro benzene ring substituents is 1. The van der Waals surface area contributed by atoms with Crippen molar-refractivity contribution in [2.75, 3.05) is 5.32 Å². The Labute approximate surface area is 142 Å². The van der Waals surface area contributed by atoms with Gasteiger partial charge in [0.2, 0.25) is 5.91 Å². The van der Waals surface area contributed by atoms with E-state index in [1.807, 2.05) is 26.0 Å². The second kappa shape index (κ2) is 6.35. The van der Waals surface area contributed by atoms with Gasteiger partial charge in [0.25, 0.3) is 5.69 Å². The van der Waals surface area contributed by atoms with E-state index in [1.165, 1.54) is 6.26 Å². The van der Waals surface area contributed by atoms with E-state index in [1.54, 1.807) is 0 Å². The van der Waals surface area contributed by atoms with Crippen LogP contribution in [0.5, 0.6) is 0 Å². The molecule has 0 unspecified atom stereocenters. The molecule has 0 spiro atoms. The van der Waals surface area contributed by atoms with Crippen molar-refractivity contribution >= 4 is 28.3 Å². The van der Waals surface area contributed by atoms with Crippen LogP contribution in [0.25, 0.3) is 11.0 Å². The van der Waals surface area contributed by atoms with E-state index in [9.17, 15) is 19.3 Å². The standard InChI is InChI=1S/C18H15FN2O4/c1-10-5-14-12(9-25-17(14)6-11(10)2)7-18(22)20-16-8-13(21(23)24)3-4-15(16)19/h3-6,8-9H,7H2,1-2H3,(H,20,22). The largest absolute Gasteiger partial charge is 0.464 e. The molecule has 0 aliphatic heterocycles. The van der Waals surface area contributed by atoms with Crippen molar-refractivity contribution in [1.29, 1.82) is 0 Å². The van der Waals surface area contributed by atoms with Crippen molar-refractivity contribution in [2.24, 2.45) is 0 Å². The zero-order valence-electron chi connectivity index (χ0n) is 13.6. The molecule has 0 bridgehead atoms. The Hall–Kier alpha value is -3.22. The van der Waals surface area contributed by atoms with E-state index in [4.69, 9.17) is 4.42 Å². The van der Waals surface area contributed by atoms with Gasteiger partial charge in [0.05, 0.1) is 23.3 Å². The molecule has 1 amide bonds. The fourth-order valence-corrected chi connectivity index (χ4v) is 2.56. The first-order valence-electron chi connectivity index (χ1n) is 7.56. The highest BCUT2D eigenvalue weighted by atomic mass is 19.1. The molecule has 0 saturated carbocycles. The summed E-state index contributed by atoms with van der Waals surface area (Å²) >= 11 is 0. The maximum atomic E-state index is 13.8. The minimum atomic E-state index is -0.734. The van der Waals surface area contributed by atoms with Gasteiger partial charge in [0, 0.05) is 23.1 Å². The van der Waals surface area contributed by atoms with Crippen LogP contribution in [0.3, 0.4) is 0 Å². The number of halogens is 1. The van der Waals surface area contributed by atoms with Crippen LogP contribution in [0, 0.1) is 29.8 Å². The molecular formula is C18H15FN2O4. The molecule has 1 N–H and O–H groups in total. The summed E-state index contributed by atoms with van der Waals surface area (Å²) in [4.78, 5) is 22.3. The van der Waals surface area contributed by atoms with Gasteiger partial charge in [-0.25, -0.2) is 4.39 Å². The molecule has 1 heterocycles. The van der Waals surface area contributed by atoms with E-state index in [0.29, 0.717) is 11.1 Å². The third-order valence-corrected chi connectivity index (χ3v) is 4.06. The summed E-state index contributed by atoms with van der Waals surface area (Å²) < 4.78 is 19.2. The summed E-state index contributed by atoms with van der Waals surface area (Å²) in [6, 6.07) is 6.82. The van der Waals surface area contributed by atoms with Crippen molar-refractivity contribution in [1.82, 2.24) is 0 Å². The predicted octanol–water partition coefficient (Wildman–Crippen LogP) is 4.28. The number of fused-ring (bicyclic) bond motifs is 1. The van der Waals surface area contributed by atoms with E-state index in [0.717, 1.165) is 34.7 Å². The molecule has 0 radical (unpaired) electrons. The number of hydrogen-bond acceptors (Lipinski definition) is 4. The first-order valence-corrected chi connectivity index (χ1v) is 7.56. The molecule has 0 fully saturated rings. The third kappa shape index (κ3) is 3.35. The van der Waals surface area contributed by atoms with Crippen LogP contribution in [0.15, 0.2) is 41.0 Å². The second-order valence-electron chi connectivity index (χ2n) is 5.84. The summed E-state index contributed by atoms with van der Waals surface area (Å²) in [7, 11) is 0. The number of nitrogens with zero attached hydrogens (tertiary/aromatic N) is 1. The second-order valence-corrected chi connectivity index (χ2v) is 5.84. The van der Waals surface area contributed by atoms with Crippen LogP contribution in [-0.4, -0.2) is 10.8 Å². The highest BCUT2D eigenvalue weighted by Gasteiger charge is 2.15. The fraction of sp³-hybridized carbons (Fsp3) is 0.167. The molecule has 128 valence electrons. The maximum Gasteiger partial charge on any atom is 0.271 e. The molecule has 7 heteroatoms. The lowest BCUT2D eigenvalue weighted by molar-refractivity contribution is -0.384. The van der Waals surface area contributed by atoms with E-state index in [-0.39, 0.29) is 17.8 Å². The number of nitro groups is 1. The number of rotatable bonds is 4. The van der Waals surface area contributed by atoms with E-state index in [2.05, 4.69) is 5.32 Å². The smallest absolute Gasteiger partial charge is 0.271 e. The van der Waals surface area contributed by atoms with Gasteiger partial charge in [-0.1, -0.05) is 0 Å². The molecule has 2 aromatic carbocycles. The lowest BCUT2D eigenvalue weighted by Crippen LogP contribution is -2.15. The van der Waals surface area contributed by atoms with Crippen molar-refractivity contribution in [3.8, 4) is 0 Å². The topological polar surface area (TPSA) is 85.4 Å². The highest BCUT2D eigenvalue weighted by molar-refractivity contribution is 5.95. The number of carbonyl (C=O) groups excluding carboxylic acids is 1. The summed E-state index contributed by atoms with van der Waals surface area (Å²) in [5.74, 6) is -1.22. The van der Waals surface area contributed by atoms with Gasteiger partial charge < -0.3 is 9.73 Å². The van der Waals surface area contributed by atoms with E-state index >= 15 is 0 Å². The lowest BCUT2D eigenvalue weighted by Gasteiger charge is -2.06. The van der Waals surface area contributed by atoms with Crippen LogP contribution in [-0.2, 0) is 11.2 Å². The first-order chi connectivity index (χ1) is 11.8. The van der Waals surface area contributed by atoms with Gasteiger partial charge in [0.1, 0.15) is 11.4 Å². The summed E-state index contributed by atoms with van der Waals surface area (Å²) in [6.07, 6.45) is 1.46. The number of nitrogens with one attached hydrogen (secondary N) is 1. The normalized spacial score (nSPS) is 10.8. The first kappa shape index (κ1) is 16.6. The Morgan fingerprint density at radius 1 is 1.24 bits per heavy atom. The molecule has 0 saturated heterocycles. The number of amides is 1. The van der Waals surface area contributed by atoms with Crippen LogP contribution in [0.4, 0.5) is 15.8 Å². The van der Waals surface area contributed by atoms with Gasteiger partial charge in [-0.05, 0) is 43.2 Å². The average Bonchev–Trinajstić information content (AvgIpc) is 2.91. The van der Waals surface area contributed by atoms with Crippen LogP contribution < -0.4 is 5.32 Å². The monoisotopic (exact) mass is 342 g/mol. The van der Waals surface area contributed by atoms with Crippen LogP contribution >= 0.6 is 0 Å². The predicted molar refractivity (Wildman–Crippen MR) is 91.1 cm³/mol. The zero-order chi connectivity index (χ0) is 18.1. The zero-order valence-corrected chi connectivity index (χ0v) is 13.6. The van der Waals surface area contributed by atoms with Crippen molar-refractivity contribution in [3.05, 3.63) is 69.2 Å². The average molecular weight is 342 g/mol. The van der Waals surface area contributed by atoms with Crippen molar-refractivity contribution in [3.63, 3.8) is 0 Å². The molecule has 3 rings (SSSR count). The SMILES string of the molecule is Cc1cc2occ(CC(=O)Nc3cc([N+](=O)[O-])ccc3F)c2cc1C. The van der Waals surface area contributed by atoms with Crippen molar-refractivity contribution < 1.29 is 18.5 Å². The van der Waals surface area contributed by atoms with Gasteiger partial charge in [-0.3, -0.25) is 14.9 Å². The number of anilines is 1. The molecule has 0 atom stereocenters. The molecule has 6 nitrogen and oxygen atoms in total. The van der Waals surface area contributed by atoms with Gasteiger partial charge in [-0.15, -0.1) is 0 Å². The van der Waals surface area contributed by atoms with Gasteiger partial charge in [-0.2, -0.15) is 0 Å². The Morgan fingerprint density at radius 3 is 2.68 bits per heavy atom. The lowest BCUT2D eigenvalue weighted by atomic mass is 10.0. The minimum Gasteiger partial charge on any atom is -0.464 e. The summed E-state index contributed by atoms with van der Waals surface area (Å²) in [5.41, 5.74) is 2.97. The third-order valence-electron chi connectivity index (χ3n) is 4.06. The minimum absolute atomic E-state index is 0.0301. The number of aryl methyl sites for hydroxylation is 2. The van der Waals surface area contributed by atoms with E-state index < -0.39 is 16.6 Å². The number of furan rings is 1. The summed E-state index contributed by atoms with van der Waals surface area (Å²) in [5, 5.41) is 14.0. The van der Waals surface area contributed by atoms with Gasteiger partial charge >= 0.3 is 0 Å². The number of carbonyl (C=O) groups is 1. The molecule has 1 aromatic heterocycles. The maximum absolute atomic E-state index is 13.8.